The van der Waals surface area contributed by atoms with Crippen molar-refractivity contribution in [2.75, 3.05) is 19.6 Å². The van der Waals surface area contributed by atoms with Crippen LogP contribution in [-0.4, -0.2) is 19.6 Å². The maximum atomic E-state index is 5.43. The Hall–Kier alpha value is 0.500. The Kier molecular flexibility index (Phi) is 11.0. The second-order valence-corrected chi connectivity index (χ2v) is 2.79. The van der Waals surface area contributed by atoms with E-state index in [2.05, 4.69) is 5.32 Å². The molecule has 0 saturated carbocycles. The van der Waals surface area contributed by atoms with Crippen molar-refractivity contribution >= 4 is 24.8 Å². The number of hydrogen-bond donors (Lipinski definition) is 2. The monoisotopic (exact) mass is 200 g/mol. The fourth-order valence-electron chi connectivity index (χ4n) is 1.41. The van der Waals surface area contributed by atoms with E-state index in [1.165, 1.54) is 32.4 Å². The Morgan fingerprint density at radius 1 is 1.36 bits per heavy atom. The highest BCUT2D eigenvalue weighted by Crippen LogP contribution is 2.11. The Morgan fingerprint density at radius 2 is 2.09 bits per heavy atom. The summed E-state index contributed by atoms with van der Waals surface area (Å²) in [6.07, 6.45) is 3.92. The molecular weight excluding hydrogens is 183 g/mol. The Morgan fingerprint density at radius 3 is 2.55 bits per heavy atom. The quantitative estimate of drug-likeness (QED) is 0.704. The molecule has 1 fully saturated rings. The van der Waals surface area contributed by atoms with Gasteiger partial charge in [0.1, 0.15) is 0 Å². The summed E-state index contributed by atoms with van der Waals surface area (Å²) >= 11 is 0. The van der Waals surface area contributed by atoms with Crippen molar-refractivity contribution in [3.8, 4) is 0 Å². The first-order valence-electron chi connectivity index (χ1n) is 3.84. The minimum absolute atomic E-state index is 0. The molecule has 1 unspecified atom stereocenters. The van der Waals surface area contributed by atoms with E-state index < -0.39 is 0 Å². The lowest BCUT2D eigenvalue weighted by molar-refractivity contribution is 0.362. The van der Waals surface area contributed by atoms with Crippen LogP contribution in [0, 0.1) is 5.92 Å². The molecule has 2 nitrogen and oxygen atoms in total. The van der Waals surface area contributed by atoms with Gasteiger partial charge in [0.05, 0.1) is 0 Å². The molecular formula is C7H18Cl2N2. The Labute approximate surface area is 81.1 Å². The average molecular weight is 201 g/mol. The molecule has 1 rings (SSSR count). The summed E-state index contributed by atoms with van der Waals surface area (Å²) in [4.78, 5) is 0. The molecule has 0 aromatic carbocycles. The van der Waals surface area contributed by atoms with Crippen molar-refractivity contribution in [2.24, 2.45) is 11.7 Å². The van der Waals surface area contributed by atoms with Crippen LogP contribution < -0.4 is 11.1 Å². The zero-order valence-electron chi connectivity index (χ0n) is 6.71. The molecule has 70 valence electrons. The van der Waals surface area contributed by atoms with Gasteiger partial charge in [-0.25, -0.2) is 0 Å². The first-order valence-corrected chi connectivity index (χ1v) is 3.84. The van der Waals surface area contributed by atoms with E-state index in [1.54, 1.807) is 0 Å². The van der Waals surface area contributed by atoms with Crippen LogP contribution in [-0.2, 0) is 0 Å². The van der Waals surface area contributed by atoms with Gasteiger partial charge >= 0.3 is 0 Å². The highest BCUT2D eigenvalue weighted by molar-refractivity contribution is 5.85. The lowest BCUT2D eigenvalue weighted by atomic mass is 9.96. The van der Waals surface area contributed by atoms with E-state index in [1.807, 2.05) is 0 Å². The van der Waals surface area contributed by atoms with Gasteiger partial charge in [0.25, 0.3) is 0 Å². The fraction of sp³-hybridized carbons (Fsp3) is 1.00. The molecule has 1 aliphatic rings. The number of rotatable bonds is 2. The summed E-state index contributed by atoms with van der Waals surface area (Å²) in [6.45, 7) is 3.25. The van der Waals surface area contributed by atoms with Gasteiger partial charge in [-0.05, 0) is 44.8 Å². The summed E-state index contributed by atoms with van der Waals surface area (Å²) in [5.74, 6) is 0.865. The molecule has 1 heterocycles. The third kappa shape index (κ3) is 5.74. The van der Waals surface area contributed by atoms with Crippen LogP contribution in [0.25, 0.3) is 0 Å². The molecule has 0 aromatic rings. The van der Waals surface area contributed by atoms with Crippen molar-refractivity contribution in [3.05, 3.63) is 0 Å². The van der Waals surface area contributed by atoms with Crippen LogP contribution >= 0.6 is 24.8 Å². The zero-order valence-corrected chi connectivity index (χ0v) is 8.35. The fourth-order valence-corrected chi connectivity index (χ4v) is 1.41. The van der Waals surface area contributed by atoms with E-state index in [0.29, 0.717) is 0 Å². The van der Waals surface area contributed by atoms with Gasteiger partial charge in [-0.2, -0.15) is 0 Å². The van der Waals surface area contributed by atoms with Crippen molar-refractivity contribution < 1.29 is 0 Å². The van der Waals surface area contributed by atoms with Crippen molar-refractivity contribution in [1.29, 1.82) is 0 Å². The van der Waals surface area contributed by atoms with Crippen LogP contribution in [0.4, 0.5) is 0 Å². The number of halogens is 2. The Bertz CT molecular complexity index is 72.1. The summed E-state index contributed by atoms with van der Waals surface area (Å²) in [5, 5.41) is 3.36. The lowest BCUT2D eigenvalue weighted by Crippen LogP contribution is -2.30. The maximum Gasteiger partial charge on any atom is -0.00200 e. The van der Waals surface area contributed by atoms with Gasteiger partial charge in [-0.3, -0.25) is 0 Å². The molecule has 11 heavy (non-hydrogen) atoms. The number of piperidine rings is 1. The minimum atomic E-state index is 0. The van der Waals surface area contributed by atoms with Gasteiger partial charge in [0.15, 0.2) is 0 Å². The molecule has 1 saturated heterocycles. The maximum absolute atomic E-state index is 5.43. The largest absolute Gasteiger partial charge is 0.330 e. The Balaban J connectivity index is 0. The number of nitrogens with two attached hydrogens (primary N) is 1. The van der Waals surface area contributed by atoms with E-state index >= 15 is 0 Å². The molecule has 0 radical (unpaired) electrons. The molecule has 0 aromatic heterocycles. The van der Waals surface area contributed by atoms with Gasteiger partial charge < -0.3 is 11.1 Å². The van der Waals surface area contributed by atoms with E-state index in [0.717, 1.165) is 12.5 Å². The molecule has 0 aliphatic carbocycles. The van der Waals surface area contributed by atoms with Crippen molar-refractivity contribution in [3.63, 3.8) is 0 Å². The highest BCUT2D eigenvalue weighted by atomic mass is 35.5. The zero-order chi connectivity index (χ0) is 6.53. The van der Waals surface area contributed by atoms with Crippen molar-refractivity contribution in [2.45, 2.75) is 19.3 Å². The molecule has 0 spiro atoms. The topological polar surface area (TPSA) is 38.0 Å². The normalized spacial score (nSPS) is 23.2. The van der Waals surface area contributed by atoms with Gasteiger partial charge in [-0.1, -0.05) is 0 Å². The predicted molar refractivity (Wildman–Crippen MR) is 53.8 cm³/mol. The van der Waals surface area contributed by atoms with Crippen LogP contribution in [0.15, 0.2) is 0 Å². The van der Waals surface area contributed by atoms with Gasteiger partial charge in [-0.15, -0.1) is 24.8 Å². The summed E-state index contributed by atoms with van der Waals surface area (Å²) in [6, 6.07) is 0. The summed E-state index contributed by atoms with van der Waals surface area (Å²) in [7, 11) is 0. The third-order valence-corrected chi connectivity index (χ3v) is 1.97. The predicted octanol–water partition coefficient (Wildman–Crippen LogP) is 1.18. The molecule has 0 amide bonds. The summed E-state index contributed by atoms with van der Waals surface area (Å²) in [5.41, 5.74) is 5.43. The molecule has 1 atom stereocenters. The highest BCUT2D eigenvalue weighted by Gasteiger charge is 2.10. The standard InChI is InChI=1S/C7H16N2.2ClH/c8-4-3-7-2-1-5-9-6-7;;/h7,9H,1-6,8H2;2*1H. The summed E-state index contributed by atoms with van der Waals surface area (Å²) < 4.78 is 0. The number of hydrogen-bond acceptors (Lipinski definition) is 2. The van der Waals surface area contributed by atoms with E-state index in [9.17, 15) is 0 Å². The SMILES string of the molecule is Cl.Cl.NCCC1CCCNC1. The first-order chi connectivity index (χ1) is 4.43. The molecule has 3 N–H and O–H groups in total. The van der Waals surface area contributed by atoms with Crippen LogP contribution in [0.1, 0.15) is 19.3 Å². The second-order valence-electron chi connectivity index (χ2n) is 2.79. The first kappa shape index (κ1) is 14.0. The third-order valence-electron chi connectivity index (χ3n) is 1.97. The molecule has 0 bridgehead atoms. The lowest BCUT2D eigenvalue weighted by Gasteiger charge is -2.21. The molecule has 1 aliphatic heterocycles. The molecule has 4 heteroatoms. The van der Waals surface area contributed by atoms with E-state index in [4.69, 9.17) is 5.73 Å². The number of nitrogens with one attached hydrogen (secondary N) is 1. The van der Waals surface area contributed by atoms with Crippen LogP contribution in [0.5, 0.6) is 0 Å². The second kappa shape index (κ2) is 8.60. The van der Waals surface area contributed by atoms with Crippen molar-refractivity contribution in [1.82, 2.24) is 5.32 Å². The van der Waals surface area contributed by atoms with Gasteiger partial charge in [0, 0.05) is 0 Å². The van der Waals surface area contributed by atoms with E-state index in [-0.39, 0.29) is 24.8 Å². The smallest absolute Gasteiger partial charge is 0.00200 e. The minimum Gasteiger partial charge on any atom is -0.330 e. The van der Waals surface area contributed by atoms with Crippen LogP contribution in [0.3, 0.4) is 0 Å². The average Bonchev–Trinajstić information content (AvgIpc) is 1.91. The van der Waals surface area contributed by atoms with Crippen LogP contribution in [0.2, 0.25) is 0 Å². The van der Waals surface area contributed by atoms with Gasteiger partial charge in [0.2, 0.25) is 0 Å².